The minimum Gasteiger partial charge on any atom is -0.350 e. The number of pyridine rings is 1. The van der Waals surface area contributed by atoms with Gasteiger partial charge in [-0.1, -0.05) is 65.7 Å². The van der Waals surface area contributed by atoms with Crippen molar-refractivity contribution >= 4 is 23.2 Å². The number of amides is 2. The molecule has 1 aliphatic carbocycles. The molecule has 1 fully saturated rings. The van der Waals surface area contributed by atoms with Crippen molar-refractivity contribution in [3.63, 3.8) is 0 Å². The molecule has 0 spiro atoms. The maximum Gasteiger partial charge on any atom is 0.383 e. The van der Waals surface area contributed by atoms with E-state index in [9.17, 15) is 14.4 Å². The van der Waals surface area contributed by atoms with Gasteiger partial charge in [-0.15, -0.1) is 10.2 Å². The summed E-state index contributed by atoms with van der Waals surface area (Å²) in [5.41, 5.74) is 2.60. The fraction of sp³-hybridized carbons (Fsp3) is 0.581. The molecule has 0 bridgehead atoms. The van der Waals surface area contributed by atoms with E-state index in [-0.39, 0.29) is 37.0 Å². The summed E-state index contributed by atoms with van der Waals surface area (Å²) in [4.78, 5) is 47.8. The van der Waals surface area contributed by atoms with Crippen LogP contribution in [0.25, 0.3) is 16.9 Å². The smallest absolute Gasteiger partial charge is 0.350 e. The van der Waals surface area contributed by atoms with Crippen molar-refractivity contribution in [3.8, 4) is 11.3 Å². The third-order valence-corrected chi connectivity index (χ3v) is 8.14. The van der Waals surface area contributed by atoms with Gasteiger partial charge in [-0.05, 0) is 36.8 Å². The molecule has 43 heavy (non-hydrogen) atoms. The molecule has 0 radical (unpaired) electrons. The number of carbonyl (C=O) groups excluding carboxylic acids is 3. The summed E-state index contributed by atoms with van der Waals surface area (Å²) in [7, 11) is 0. The molecule has 3 aromatic heterocycles. The normalized spacial score (nSPS) is 15.7. The number of hydrogen-bond acceptors (Lipinski definition) is 7. The highest BCUT2D eigenvalue weighted by atomic mass is 19.3. The van der Waals surface area contributed by atoms with Gasteiger partial charge in [-0.25, -0.2) is 4.98 Å². The molecule has 1 saturated carbocycles. The number of halogens is 2. The van der Waals surface area contributed by atoms with E-state index in [1.54, 1.807) is 29.1 Å². The Hall–Kier alpha value is -3.83. The van der Waals surface area contributed by atoms with Gasteiger partial charge in [0.25, 0.3) is 5.91 Å². The fourth-order valence-corrected chi connectivity index (χ4v) is 5.41. The highest BCUT2D eigenvalue weighted by Crippen LogP contribution is 2.30. The Morgan fingerprint density at radius 2 is 1.91 bits per heavy atom. The van der Waals surface area contributed by atoms with Crippen molar-refractivity contribution in [2.45, 2.75) is 96.9 Å². The molecule has 0 saturated heterocycles. The highest BCUT2D eigenvalue weighted by molar-refractivity contribution is 6.10. The summed E-state index contributed by atoms with van der Waals surface area (Å²) in [5.74, 6) is -7.90. The number of carbonyl (C=O) groups is 3. The number of fused-ring (bicyclic) bond motifs is 1. The Kier molecular flexibility index (Phi) is 10.9. The summed E-state index contributed by atoms with van der Waals surface area (Å²) in [6.45, 7) is 5.76. The summed E-state index contributed by atoms with van der Waals surface area (Å²) in [6, 6.07) is 2.15. The van der Waals surface area contributed by atoms with Crippen LogP contribution in [0.2, 0.25) is 0 Å². The number of nitrogens with one attached hydrogen (secondary N) is 2. The lowest BCUT2D eigenvalue weighted by atomic mass is 9.83. The molecular formula is C31H41F2N7O3. The van der Waals surface area contributed by atoms with Crippen molar-refractivity contribution in [3.05, 3.63) is 42.2 Å². The van der Waals surface area contributed by atoms with Crippen LogP contribution in [0.5, 0.6) is 0 Å². The average Bonchev–Trinajstić information content (AvgIpc) is 3.42. The standard InChI is InChI=1S/C31H41F2N7O3/c1-4-10-23-29-39-38-26(40(29)19-25(36-23)22-13-9-14-34-18-22)16-27(41)37-24(15-21-11-7-6-8-12-21)28(42)31(32,33)30(43)35-17-20(3)5-2/h9,13-14,18-21,24H,4-8,10-12,15-17H2,1-3H3,(H,35,43)(H,37,41). The number of ketones is 1. The minimum absolute atomic E-state index is 0.000568. The zero-order valence-corrected chi connectivity index (χ0v) is 25.1. The van der Waals surface area contributed by atoms with Crippen molar-refractivity contribution in [1.82, 2.24) is 35.2 Å². The van der Waals surface area contributed by atoms with E-state index < -0.39 is 29.6 Å². The first-order chi connectivity index (χ1) is 20.6. The summed E-state index contributed by atoms with van der Waals surface area (Å²) >= 11 is 0. The molecule has 232 valence electrons. The fourth-order valence-electron chi connectivity index (χ4n) is 5.41. The average molecular weight is 598 g/mol. The second-order valence-corrected chi connectivity index (χ2v) is 11.6. The van der Waals surface area contributed by atoms with E-state index in [1.165, 1.54) is 0 Å². The first-order valence-electron chi connectivity index (χ1n) is 15.3. The third-order valence-electron chi connectivity index (χ3n) is 8.14. The van der Waals surface area contributed by atoms with Gasteiger partial charge in [0.1, 0.15) is 5.82 Å². The van der Waals surface area contributed by atoms with Gasteiger partial charge in [-0.3, -0.25) is 23.8 Å². The zero-order valence-electron chi connectivity index (χ0n) is 25.1. The molecule has 2 unspecified atom stereocenters. The van der Waals surface area contributed by atoms with Crippen molar-refractivity contribution in [2.24, 2.45) is 11.8 Å². The molecular weight excluding hydrogens is 556 g/mol. The number of alkyl halides is 2. The van der Waals surface area contributed by atoms with Crippen LogP contribution < -0.4 is 10.6 Å². The van der Waals surface area contributed by atoms with Crippen LogP contribution in [0.15, 0.2) is 30.7 Å². The summed E-state index contributed by atoms with van der Waals surface area (Å²) in [5, 5.41) is 13.2. The number of aromatic nitrogens is 5. The van der Waals surface area contributed by atoms with E-state index in [1.807, 2.05) is 26.8 Å². The number of nitrogens with zero attached hydrogens (tertiary/aromatic N) is 5. The molecule has 1 aliphatic rings. The molecule has 2 amide bonds. The van der Waals surface area contributed by atoms with Crippen LogP contribution >= 0.6 is 0 Å². The van der Waals surface area contributed by atoms with E-state index in [4.69, 9.17) is 4.98 Å². The molecule has 0 aromatic carbocycles. The minimum atomic E-state index is -4.28. The first-order valence-corrected chi connectivity index (χ1v) is 15.3. The lowest BCUT2D eigenvalue weighted by Crippen LogP contribution is -2.55. The highest BCUT2D eigenvalue weighted by Gasteiger charge is 2.50. The molecule has 10 nitrogen and oxygen atoms in total. The van der Waals surface area contributed by atoms with Gasteiger partial charge in [0.15, 0.2) is 5.65 Å². The van der Waals surface area contributed by atoms with Gasteiger partial charge in [0, 0.05) is 30.7 Å². The Balaban J connectivity index is 1.57. The Morgan fingerprint density at radius 3 is 2.58 bits per heavy atom. The molecule has 12 heteroatoms. The van der Waals surface area contributed by atoms with E-state index in [0.717, 1.165) is 44.1 Å². The molecule has 4 rings (SSSR count). The molecule has 2 N–H and O–H groups in total. The Labute approximate surface area is 250 Å². The number of hydrogen-bond donors (Lipinski definition) is 2. The Bertz CT molecular complexity index is 1410. The van der Waals surface area contributed by atoms with Crippen molar-refractivity contribution in [2.75, 3.05) is 6.54 Å². The third kappa shape index (κ3) is 7.97. The van der Waals surface area contributed by atoms with Crippen LogP contribution in [-0.4, -0.2) is 60.7 Å². The SMILES string of the molecule is CCCc1nc(-c2cccnc2)cn2c(CC(=O)NC(CC3CCCCC3)C(=O)C(F)(F)C(=O)NCC(C)CC)nnc12. The van der Waals surface area contributed by atoms with Crippen LogP contribution in [0.4, 0.5) is 8.78 Å². The maximum absolute atomic E-state index is 15.2. The van der Waals surface area contributed by atoms with Gasteiger partial charge in [-0.2, -0.15) is 8.78 Å². The molecule has 2 atom stereocenters. The van der Waals surface area contributed by atoms with Gasteiger partial charge >= 0.3 is 5.92 Å². The number of rotatable bonds is 14. The maximum atomic E-state index is 15.2. The largest absolute Gasteiger partial charge is 0.383 e. The monoisotopic (exact) mass is 597 g/mol. The van der Waals surface area contributed by atoms with Crippen LogP contribution in [0.1, 0.15) is 83.7 Å². The molecule has 3 heterocycles. The second kappa shape index (κ2) is 14.6. The van der Waals surface area contributed by atoms with Gasteiger partial charge in [0.2, 0.25) is 11.7 Å². The lowest BCUT2D eigenvalue weighted by Gasteiger charge is -2.28. The van der Waals surface area contributed by atoms with Crippen molar-refractivity contribution < 1.29 is 23.2 Å². The van der Waals surface area contributed by atoms with Gasteiger partial charge in [0.05, 0.1) is 23.9 Å². The summed E-state index contributed by atoms with van der Waals surface area (Å²) < 4.78 is 32.0. The predicted octanol–water partition coefficient (Wildman–Crippen LogP) is 4.50. The first kappa shape index (κ1) is 32.1. The summed E-state index contributed by atoms with van der Waals surface area (Å²) in [6.07, 6.45) is 11.4. The number of Topliss-reactive ketones (excluding diaryl/α,β-unsaturated/α-hetero) is 1. The second-order valence-electron chi connectivity index (χ2n) is 11.6. The quantitative estimate of drug-likeness (QED) is 0.262. The van der Waals surface area contributed by atoms with Crippen molar-refractivity contribution in [1.29, 1.82) is 0 Å². The van der Waals surface area contributed by atoms with E-state index in [2.05, 4.69) is 25.8 Å². The zero-order chi connectivity index (χ0) is 31.0. The number of aryl methyl sites for hydroxylation is 1. The van der Waals surface area contributed by atoms with Crippen LogP contribution in [0, 0.1) is 11.8 Å². The van der Waals surface area contributed by atoms with E-state index >= 15 is 8.78 Å². The molecule has 3 aromatic rings. The van der Waals surface area contributed by atoms with Gasteiger partial charge < -0.3 is 10.6 Å². The predicted molar refractivity (Wildman–Crippen MR) is 157 cm³/mol. The topological polar surface area (TPSA) is 131 Å². The molecule has 0 aliphatic heterocycles. The van der Waals surface area contributed by atoms with Crippen LogP contribution in [0.3, 0.4) is 0 Å². The van der Waals surface area contributed by atoms with Crippen LogP contribution in [-0.2, 0) is 27.2 Å². The Morgan fingerprint density at radius 1 is 1.14 bits per heavy atom. The van der Waals surface area contributed by atoms with E-state index in [0.29, 0.717) is 29.9 Å². The lowest BCUT2D eigenvalue weighted by molar-refractivity contribution is -0.160.